The van der Waals surface area contributed by atoms with Gasteiger partial charge in [0.1, 0.15) is 11.6 Å². The molecule has 2 atom stereocenters. The number of rotatable bonds is 5. The molecular weight excluding hydrogens is 238 g/mol. The van der Waals surface area contributed by atoms with E-state index in [4.69, 9.17) is 10.5 Å². The third kappa shape index (κ3) is 3.15. The maximum atomic E-state index is 5.82. The Labute approximate surface area is 114 Å². The zero-order valence-corrected chi connectivity index (χ0v) is 11.7. The highest BCUT2D eigenvalue weighted by Crippen LogP contribution is 2.29. The number of nitrogens with two attached hydrogens (primary N) is 1. The molecule has 0 radical (unpaired) electrons. The van der Waals surface area contributed by atoms with Crippen molar-refractivity contribution in [1.29, 1.82) is 0 Å². The molecule has 0 fully saturated rings. The van der Waals surface area contributed by atoms with Gasteiger partial charge in [0.2, 0.25) is 0 Å². The van der Waals surface area contributed by atoms with Crippen LogP contribution in [0.3, 0.4) is 0 Å². The highest BCUT2D eigenvalue weighted by molar-refractivity contribution is 5.95. The average molecular weight is 259 g/mol. The monoisotopic (exact) mass is 259 g/mol. The van der Waals surface area contributed by atoms with Crippen LogP contribution in [0.2, 0.25) is 0 Å². The molecule has 2 aromatic rings. The number of ether oxygens (including phenoxy) is 1. The lowest BCUT2D eigenvalue weighted by atomic mass is 10.1. The van der Waals surface area contributed by atoms with Gasteiger partial charge in [0.15, 0.2) is 0 Å². The van der Waals surface area contributed by atoms with Crippen molar-refractivity contribution in [3.05, 3.63) is 30.5 Å². The first-order valence-electron chi connectivity index (χ1n) is 6.55. The quantitative estimate of drug-likeness (QED) is 0.866. The summed E-state index contributed by atoms with van der Waals surface area (Å²) in [6, 6.07) is 8.40. The van der Waals surface area contributed by atoms with E-state index < -0.39 is 0 Å². The summed E-state index contributed by atoms with van der Waals surface area (Å²) in [7, 11) is 1.68. The molecule has 1 heterocycles. The Morgan fingerprint density at radius 2 is 2.05 bits per heavy atom. The Kier molecular flexibility index (Phi) is 4.22. The molecule has 4 nitrogen and oxygen atoms in total. The predicted octanol–water partition coefficient (Wildman–Crippen LogP) is 2.78. The maximum Gasteiger partial charge on any atom is 0.134 e. The van der Waals surface area contributed by atoms with Gasteiger partial charge in [0.05, 0.1) is 7.11 Å². The summed E-state index contributed by atoms with van der Waals surface area (Å²) >= 11 is 0. The van der Waals surface area contributed by atoms with Crippen LogP contribution in [-0.4, -0.2) is 24.2 Å². The van der Waals surface area contributed by atoms with Crippen LogP contribution < -0.4 is 15.8 Å². The molecule has 0 aliphatic carbocycles. The van der Waals surface area contributed by atoms with Gasteiger partial charge in [-0.15, -0.1) is 0 Å². The van der Waals surface area contributed by atoms with E-state index in [2.05, 4.69) is 17.2 Å². The summed E-state index contributed by atoms with van der Waals surface area (Å²) in [6.45, 7) is 4.13. The Hall–Kier alpha value is -1.81. The Morgan fingerprint density at radius 1 is 1.26 bits per heavy atom. The summed E-state index contributed by atoms with van der Waals surface area (Å²) in [5.41, 5.74) is 5.82. The number of benzene rings is 1. The summed E-state index contributed by atoms with van der Waals surface area (Å²) < 4.78 is 5.38. The number of nitrogens with zero attached hydrogens (tertiary/aromatic N) is 1. The van der Waals surface area contributed by atoms with Crippen molar-refractivity contribution < 1.29 is 4.74 Å². The summed E-state index contributed by atoms with van der Waals surface area (Å²) in [5.74, 6) is 1.74. The predicted molar refractivity (Wildman–Crippen MR) is 79.6 cm³/mol. The minimum absolute atomic E-state index is 0.173. The molecule has 19 heavy (non-hydrogen) atoms. The van der Waals surface area contributed by atoms with Crippen LogP contribution in [0.5, 0.6) is 5.75 Å². The van der Waals surface area contributed by atoms with Crippen LogP contribution in [0.15, 0.2) is 30.5 Å². The number of anilines is 1. The van der Waals surface area contributed by atoms with E-state index in [1.807, 2.05) is 31.2 Å². The Balaban J connectivity index is 2.33. The standard InChI is InChI=1S/C15H21N3O/c1-10(16)9-11(2)18-15-13-5-4-6-14(19-3)12(13)7-8-17-15/h4-8,10-11H,9,16H2,1-3H3,(H,17,18). The smallest absolute Gasteiger partial charge is 0.134 e. The summed E-state index contributed by atoms with van der Waals surface area (Å²) in [6.07, 6.45) is 2.70. The van der Waals surface area contributed by atoms with Crippen molar-refractivity contribution in [2.45, 2.75) is 32.4 Å². The molecule has 0 amide bonds. The molecule has 0 saturated carbocycles. The summed E-state index contributed by atoms with van der Waals surface area (Å²) in [4.78, 5) is 4.42. The molecule has 0 bridgehead atoms. The zero-order valence-electron chi connectivity index (χ0n) is 11.7. The normalized spacial score (nSPS) is 14.1. The maximum absolute atomic E-state index is 5.82. The van der Waals surface area contributed by atoms with Gasteiger partial charge in [-0.1, -0.05) is 12.1 Å². The largest absolute Gasteiger partial charge is 0.496 e. The van der Waals surface area contributed by atoms with Gasteiger partial charge >= 0.3 is 0 Å². The van der Waals surface area contributed by atoms with Crippen molar-refractivity contribution in [3.8, 4) is 5.75 Å². The van der Waals surface area contributed by atoms with Crippen LogP contribution in [0.4, 0.5) is 5.82 Å². The van der Waals surface area contributed by atoms with Gasteiger partial charge in [-0.25, -0.2) is 4.98 Å². The van der Waals surface area contributed by atoms with Gasteiger partial charge in [-0.2, -0.15) is 0 Å². The lowest BCUT2D eigenvalue weighted by molar-refractivity contribution is 0.420. The van der Waals surface area contributed by atoms with Crippen LogP contribution in [-0.2, 0) is 0 Å². The first-order chi connectivity index (χ1) is 9.11. The van der Waals surface area contributed by atoms with E-state index in [1.165, 1.54) is 0 Å². The molecule has 1 aromatic heterocycles. The highest BCUT2D eigenvalue weighted by atomic mass is 16.5. The van der Waals surface area contributed by atoms with Crippen molar-refractivity contribution in [2.75, 3.05) is 12.4 Å². The lowest BCUT2D eigenvalue weighted by Gasteiger charge is -2.18. The van der Waals surface area contributed by atoms with E-state index in [0.29, 0.717) is 0 Å². The number of aromatic nitrogens is 1. The van der Waals surface area contributed by atoms with E-state index in [1.54, 1.807) is 13.3 Å². The first kappa shape index (κ1) is 13.6. The number of hydrogen-bond donors (Lipinski definition) is 2. The van der Waals surface area contributed by atoms with Crippen molar-refractivity contribution in [1.82, 2.24) is 4.98 Å². The molecule has 0 saturated heterocycles. The molecule has 4 heteroatoms. The zero-order chi connectivity index (χ0) is 13.8. The molecule has 3 N–H and O–H groups in total. The minimum atomic E-state index is 0.173. The van der Waals surface area contributed by atoms with E-state index >= 15 is 0 Å². The number of nitrogens with one attached hydrogen (secondary N) is 1. The van der Waals surface area contributed by atoms with Gasteiger partial charge in [-0.3, -0.25) is 0 Å². The van der Waals surface area contributed by atoms with Crippen LogP contribution in [0.1, 0.15) is 20.3 Å². The van der Waals surface area contributed by atoms with E-state index in [9.17, 15) is 0 Å². The highest BCUT2D eigenvalue weighted by Gasteiger charge is 2.10. The third-order valence-electron chi connectivity index (χ3n) is 3.09. The fourth-order valence-corrected chi connectivity index (χ4v) is 2.32. The minimum Gasteiger partial charge on any atom is -0.496 e. The van der Waals surface area contributed by atoms with Crippen LogP contribution in [0, 0.1) is 0 Å². The van der Waals surface area contributed by atoms with Gasteiger partial charge in [0.25, 0.3) is 0 Å². The second-order valence-corrected chi connectivity index (χ2v) is 4.97. The van der Waals surface area contributed by atoms with Crippen LogP contribution in [0.25, 0.3) is 10.8 Å². The average Bonchev–Trinajstić information content (AvgIpc) is 2.37. The number of pyridine rings is 1. The topological polar surface area (TPSA) is 60.2 Å². The van der Waals surface area contributed by atoms with Gasteiger partial charge in [-0.05, 0) is 32.4 Å². The number of fused-ring (bicyclic) bond motifs is 1. The lowest BCUT2D eigenvalue weighted by Crippen LogP contribution is -2.26. The Morgan fingerprint density at radius 3 is 2.74 bits per heavy atom. The molecule has 0 spiro atoms. The first-order valence-corrected chi connectivity index (χ1v) is 6.55. The number of hydrogen-bond acceptors (Lipinski definition) is 4. The third-order valence-corrected chi connectivity index (χ3v) is 3.09. The molecule has 102 valence electrons. The van der Waals surface area contributed by atoms with Crippen molar-refractivity contribution in [2.24, 2.45) is 5.73 Å². The molecule has 2 unspecified atom stereocenters. The summed E-state index contributed by atoms with van der Waals surface area (Å²) in [5, 5.41) is 5.55. The molecule has 0 aliphatic heterocycles. The molecule has 1 aromatic carbocycles. The van der Waals surface area contributed by atoms with E-state index in [0.717, 1.165) is 28.8 Å². The second-order valence-electron chi connectivity index (χ2n) is 4.97. The molecular formula is C15H21N3O. The van der Waals surface area contributed by atoms with Gasteiger partial charge < -0.3 is 15.8 Å². The van der Waals surface area contributed by atoms with Crippen molar-refractivity contribution >= 4 is 16.6 Å². The second kappa shape index (κ2) is 5.89. The Bertz CT molecular complexity index is 554. The number of methoxy groups -OCH3 is 1. The molecule has 2 rings (SSSR count). The fraction of sp³-hybridized carbons (Fsp3) is 0.400. The van der Waals surface area contributed by atoms with Crippen LogP contribution >= 0.6 is 0 Å². The SMILES string of the molecule is COc1cccc2c(NC(C)CC(C)N)nccc12. The fourth-order valence-electron chi connectivity index (χ4n) is 2.32. The molecule has 0 aliphatic rings. The van der Waals surface area contributed by atoms with E-state index in [-0.39, 0.29) is 12.1 Å². The van der Waals surface area contributed by atoms with Gasteiger partial charge in [0, 0.05) is 29.1 Å². The van der Waals surface area contributed by atoms with Crippen molar-refractivity contribution in [3.63, 3.8) is 0 Å².